The van der Waals surface area contributed by atoms with Crippen LogP contribution in [0.2, 0.25) is 0 Å². The first-order valence-corrected chi connectivity index (χ1v) is 9.41. The van der Waals surface area contributed by atoms with E-state index in [1.54, 1.807) is 19.3 Å². The van der Waals surface area contributed by atoms with Crippen molar-refractivity contribution in [2.24, 2.45) is 11.8 Å². The molecule has 1 fully saturated rings. The van der Waals surface area contributed by atoms with Crippen molar-refractivity contribution in [1.82, 2.24) is 9.97 Å². The molecular formula is C21H26N4O. The van der Waals surface area contributed by atoms with Gasteiger partial charge in [-0.2, -0.15) is 0 Å². The molecule has 1 saturated carbocycles. The van der Waals surface area contributed by atoms with E-state index in [-0.39, 0.29) is 18.0 Å². The van der Waals surface area contributed by atoms with Gasteiger partial charge in [0.1, 0.15) is 5.82 Å². The molecule has 1 N–H and O–H groups in total. The molecule has 5 nitrogen and oxygen atoms in total. The van der Waals surface area contributed by atoms with Crippen LogP contribution in [0.5, 0.6) is 0 Å². The van der Waals surface area contributed by atoms with Gasteiger partial charge >= 0.3 is 0 Å². The van der Waals surface area contributed by atoms with E-state index < -0.39 is 0 Å². The quantitative estimate of drug-likeness (QED) is 0.908. The monoisotopic (exact) mass is 350 g/mol. The smallest absolute Gasteiger partial charge is 0.224 e. The third-order valence-corrected chi connectivity index (χ3v) is 5.67. The lowest BCUT2D eigenvalue weighted by molar-refractivity contribution is -0.117. The van der Waals surface area contributed by atoms with E-state index in [9.17, 15) is 4.79 Å². The summed E-state index contributed by atoms with van der Waals surface area (Å²) in [5.41, 5.74) is 4.32. The molecule has 0 radical (unpaired) electrons. The molecule has 2 aliphatic rings. The fourth-order valence-corrected chi connectivity index (χ4v) is 4.31. The van der Waals surface area contributed by atoms with Gasteiger partial charge in [0.25, 0.3) is 0 Å². The third-order valence-electron chi connectivity index (χ3n) is 5.67. The van der Waals surface area contributed by atoms with Gasteiger partial charge in [-0.05, 0) is 44.2 Å². The number of aryl methyl sites for hydroxylation is 2. The van der Waals surface area contributed by atoms with E-state index in [0.29, 0.717) is 11.8 Å². The molecule has 5 heteroatoms. The largest absolute Gasteiger partial charge is 0.362 e. The number of anilines is 2. The topological polar surface area (TPSA) is 58.1 Å². The summed E-state index contributed by atoms with van der Waals surface area (Å²) < 4.78 is 0. The molecule has 1 unspecified atom stereocenters. The SMILES string of the molecule is CC(=O)N1c2ccc(C)cc2C(Nc2cnc(C)cn2)[C@@H](C)[C@@H]1C1CC1. The summed E-state index contributed by atoms with van der Waals surface area (Å²) in [5, 5.41) is 3.60. The lowest BCUT2D eigenvalue weighted by Gasteiger charge is -2.46. The average Bonchev–Trinajstić information content (AvgIpc) is 3.43. The van der Waals surface area contributed by atoms with Gasteiger partial charge in [-0.15, -0.1) is 0 Å². The Balaban J connectivity index is 1.79. The van der Waals surface area contributed by atoms with E-state index in [2.05, 4.69) is 47.3 Å². The minimum absolute atomic E-state index is 0.114. The van der Waals surface area contributed by atoms with Crippen LogP contribution < -0.4 is 10.2 Å². The van der Waals surface area contributed by atoms with E-state index in [4.69, 9.17) is 0 Å². The van der Waals surface area contributed by atoms with Crippen molar-refractivity contribution in [3.63, 3.8) is 0 Å². The third kappa shape index (κ3) is 2.96. The molecule has 26 heavy (non-hydrogen) atoms. The fraction of sp³-hybridized carbons (Fsp3) is 0.476. The first-order valence-electron chi connectivity index (χ1n) is 9.41. The Hall–Kier alpha value is -2.43. The summed E-state index contributed by atoms with van der Waals surface area (Å²) in [4.78, 5) is 23.4. The molecule has 1 aliphatic carbocycles. The molecule has 0 saturated heterocycles. The first kappa shape index (κ1) is 17.0. The van der Waals surface area contributed by atoms with Crippen molar-refractivity contribution in [3.8, 4) is 0 Å². The van der Waals surface area contributed by atoms with Crippen molar-refractivity contribution in [2.45, 2.75) is 52.6 Å². The standard InChI is InChI=1S/C21H26N4O/c1-12-5-8-18-17(9-12)20(24-19-11-22-13(2)10-23-19)14(3)21(16-6-7-16)25(18)15(4)26/h5,8-11,14,16,20-21H,6-7H2,1-4H3,(H,23,24)/t14-,20?,21-/m1/s1. The van der Waals surface area contributed by atoms with Gasteiger partial charge in [-0.25, -0.2) is 4.98 Å². The molecule has 2 aromatic rings. The summed E-state index contributed by atoms with van der Waals surface area (Å²) in [6, 6.07) is 6.74. The molecule has 2 heterocycles. The molecule has 0 bridgehead atoms. The second-order valence-corrected chi connectivity index (χ2v) is 7.80. The minimum Gasteiger partial charge on any atom is -0.362 e. The number of benzene rings is 1. The molecule has 1 aromatic heterocycles. The second-order valence-electron chi connectivity index (χ2n) is 7.80. The van der Waals surface area contributed by atoms with Gasteiger partial charge in [0.05, 0.1) is 24.1 Å². The summed E-state index contributed by atoms with van der Waals surface area (Å²) in [6.07, 6.45) is 5.99. The van der Waals surface area contributed by atoms with Crippen molar-refractivity contribution in [2.75, 3.05) is 10.2 Å². The highest BCUT2D eigenvalue weighted by Crippen LogP contribution is 2.50. The summed E-state index contributed by atoms with van der Waals surface area (Å²) in [7, 11) is 0. The van der Waals surface area contributed by atoms with Gasteiger partial charge < -0.3 is 10.2 Å². The van der Waals surface area contributed by atoms with Gasteiger partial charge in [0.2, 0.25) is 5.91 Å². The Labute approximate surface area is 154 Å². The summed E-state index contributed by atoms with van der Waals surface area (Å²) in [5.74, 6) is 1.80. The molecule has 3 atom stereocenters. The highest BCUT2D eigenvalue weighted by molar-refractivity contribution is 5.94. The van der Waals surface area contributed by atoms with Crippen molar-refractivity contribution < 1.29 is 4.79 Å². The number of carbonyl (C=O) groups excluding carboxylic acids is 1. The Kier molecular flexibility index (Phi) is 4.17. The minimum atomic E-state index is 0.114. The molecule has 1 aromatic carbocycles. The average molecular weight is 350 g/mol. The molecule has 4 rings (SSSR count). The summed E-state index contributed by atoms with van der Waals surface area (Å²) in [6.45, 7) is 7.97. The zero-order valence-corrected chi connectivity index (χ0v) is 15.9. The van der Waals surface area contributed by atoms with Crippen LogP contribution in [-0.2, 0) is 4.79 Å². The van der Waals surface area contributed by atoms with Crippen molar-refractivity contribution in [1.29, 1.82) is 0 Å². The lowest BCUT2D eigenvalue weighted by atomic mass is 9.79. The Morgan fingerprint density at radius 1 is 1.19 bits per heavy atom. The number of fused-ring (bicyclic) bond motifs is 1. The Bertz CT molecular complexity index is 828. The number of rotatable bonds is 3. The van der Waals surface area contributed by atoms with Crippen LogP contribution >= 0.6 is 0 Å². The van der Waals surface area contributed by atoms with Crippen LogP contribution in [0.25, 0.3) is 0 Å². The van der Waals surface area contributed by atoms with Crippen LogP contribution in [0.1, 0.15) is 49.6 Å². The van der Waals surface area contributed by atoms with Crippen molar-refractivity contribution >= 4 is 17.4 Å². The van der Waals surface area contributed by atoms with Gasteiger partial charge in [0, 0.05) is 24.6 Å². The van der Waals surface area contributed by atoms with Gasteiger partial charge in [-0.1, -0.05) is 24.6 Å². The number of aromatic nitrogens is 2. The van der Waals surface area contributed by atoms with E-state index in [0.717, 1.165) is 17.2 Å². The maximum Gasteiger partial charge on any atom is 0.224 e. The number of carbonyl (C=O) groups is 1. The number of hydrogen-bond acceptors (Lipinski definition) is 4. The predicted octanol–water partition coefficient (Wildman–Crippen LogP) is 4.03. The highest BCUT2D eigenvalue weighted by Gasteiger charge is 2.47. The van der Waals surface area contributed by atoms with Crippen LogP contribution in [0, 0.1) is 25.7 Å². The second kappa shape index (κ2) is 6.38. The van der Waals surface area contributed by atoms with Crippen LogP contribution in [-0.4, -0.2) is 21.9 Å². The predicted molar refractivity (Wildman–Crippen MR) is 103 cm³/mol. The van der Waals surface area contributed by atoms with Crippen molar-refractivity contribution in [3.05, 3.63) is 47.4 Å². The maximum absolute atomic E-state index is 12.5. The van der Waals surface area contributed by atoms with Crippen LogP contribution in [0.4, 0.5) is 11.5 Å². The normalized spacial score (nSPS) is 24.9. The highest BCUT2D eigenvalue weighted by atomic mass is 16.2. The Morgan fingerprint density at radius 3 is 2.58 bits per heavy atom. The van der Waals surface area contributed by atoms with Gasteiger partial charge in [-0.3, -0.25) is 9.78 Å². The van der Waals surface area contributed by atoms with E-state index in [1.165, 1.54) is 24.0 Å². The lowest BCUT2D eigenvalue weighted by Crippen LogP contribution is -2.51. The number of amides is 1. The zero-order chi connectivity index (χ0) is 18.4. The fourth-order valence-electron chi connectivity index (χ4n) is 4.31. The van der Waals surface area contributed by atoms with Crippen LogP contribution in [0.15, 0.2) is 30.6 Å². The summed E-state index contributed by atoms with van der Waals surface area (Å²) >= 11 is 0. The molecular weight excluding hydrogens is 324 g/mol. The first-order chi connectivity index (χ1) is 12.5. The molecule has 1 aliphatic heterocycles. The van der Waals surface area contributed by atoms with Crippen LogP contribution in [0.3, 0.4) is 0 Å². The number of hydrogen-bond donors (Lipinski definition) is 1. The van der Waals surface area contributed by atoms with E-state index in [1.807, 2.05) is 11.8 Å². The molecule has 1 amide bonds. The number of nitrogens with one attached hydrogen (secondary N) is 1. The Morgan fingerprint density at radius 2 is 1.96 bits per heavy atom. The maximum atomic E-state index is 12.5. The zero-order valence-electron chi connectivity index (χ0n) is 15.9. The number of nitrogens with zero attached hydrogens (tertiary/aromatic N) is 3. The molecule has 136 valence electrons. The van der Waals surface area contributed by atoms with E-state index >= 15 is 0 Å². The molecule has 0 spiro atoms. The van der Waals surface area contributed by atoms with Gasteiger partial charge in [0.15, 0.2) is 0 Å².